The maximum atomic E-state index is 10.6. The van der Waals surface area contributed by atoms with E-state index in [9.17, 15) is 4.21 Å². The molecule has 0 amide bonds. The van der Waals surface area contributed by atoms with Gasteiger partial charge in [0.15, 0.2) is 11.1 Å². The number of pyridine rings is 1. The standard InChI is InChI=1S/C12H19N3O2S/c13-11-9-14-5-1-12(11)15-6-2-10(3-7-15)4-8-18(16)17/h1,5,9-10H,2-4,6-8,13H2,(H,16,17). The zero-order valence-electron chi connectivity index (χ0n) is 10.3. The van der Waals surface area contributed by atoms with Crippen LogP contribution in [0.15, 0.2) is 18.5 Å². The highest BCUT2D eigenvalue weighted by atomic mass is 32.2. The van der Waals surface area contributed by atoms with Crippen molar-refractivity contribution in [3.05, 3.63) is 18.5 Å². The summed E-state index contributed by atoms with van der Waals surface area (Å²) in [6, 6.07) is 1.94. The Morgan fingerprint density at radius 3 is 2.83 bits per heavy atom. The van der Waals surface area contributed by atoms with Crippen LogP contribution in [0.4, 0.5) is 11.4 Å². The van der Waals surface area contributed by atoms with Crippen molar-refractivity contribution in [2.45, 2.75) is 19.3 Å². The van der Waals surface area contributed by atoms with Crippen molar-refractivity contribution in [3.63, 3.8) is 0 Å². The Bertz CT molecular complexity index is 420. The van der Waals surface area contributed by atoms with Crippen LogP contribution in [0, 0.1) is 5.92 Å². The number of hydrogen-bond acceptors (Lipinski definition) is 4. The lowest BCUT2D eigenvalue weighted by atomic mass is 9.94. The summed E-state index contributed by atoms with van der Waals surface area (Å²) >= 11 is -1.66. The summed E-state index contributed by atoms with van der Waals surface area (Å²) in [5, 5.41) is 0. The molecule has 0 aromatic carbocycles. The lowest BCUT2D eigenvalue weighted by Crippen LogP contribution is -2.34. The lowest BCUT2D eigenvalue weighted by Gasteiger charge is -2.34. The average molecular weight is 269 g/mol. The predicted molar refractivity (Wildman–Crippen MR) is 73.8 cm³/mol. The molecule has 0 aliphatic carbocycles. The van der Waals surface area contributed by atoms with Crippen LogP contribution in [0.5, 0.6) is 0 Å². The van der Waals surface area contributed by atoms with Gasteiger partial charge in [-0.2, -0.15) is 0 Å². The number of anilines is 2. The average Bonchev–Trinajstić information content (AvgIpc) is 2.38. The fourth-order valence-electron chi connectivity index (χ4n) is 2.42. The second-order valence-corrected chi connectivity index (χ2v) is 5.73. The quantitative estimate of drug-likeness (QED) is 0.810. The Balaban J connectivity index is 1.87. The smallest absolute Gasteiger partial charge is 0.152 e. The van der Waals surface area contributed by atoms with Gasteiger partial charge in [-0.25, -0.2) is 4.21 Å². The number of nitrogens with two attached hydrogens (primary N) is 1. The molecule has 18 heavy (non-hydrogen) atoms. The molecule has 3 N–H and O–H groups in total. The van der Waals surface area contributed by atoms with E-state index in [2.05, 4.69) is 9.88 Å². The first kappa shape index (κ1) is 13.3. The van der Waals surface area contributed by atoms with Gasteiger partial charge in [-0.1, -0.05) is 0 Å². The summed E-state index contributed by atoms with van der Waals surface area (Å²) < 4.78 is 19.4. The van der Waals surface area contributed by atoms with Gasteiger partial charge in [0.2, 0.25) is 0 Å². The molecule has 1 fully saturated rings. The van der Waals surface area contributed by atoms with E-state index in [1.54, 1.807) is 12.4 Å². The third-order valence-corrected chi connectivity index (χ3v) is 4.07. The van der Waals surface area contributed by atoms with Crippen molar-refractivity contribution in [2.24, 2.45) is 5.92 Å². The number of piperidine rings is 1. The van der Waals surface area contributed by atoms with Crippen LogP contribution >= 0.6 is 0 Å². The van der Waals surface area contributed by atoms with E-state index in [4.69, 9.17) is 10.3 Å². The van der Waals surface area contributed by atoms with Crippen LogP contribution in [-0.4, -0.2) is 32.6 Å². The summed E-state index contributed by atoms with van der Waals surface area (Å²) in [7, 11) is 0. The van der Waals surface area contributed by atoms with Gasteiger partial charge >= 0.3 is 0 Å². The van der Waals surface area contributed by atoms with Crippen molar-refractivity contribution in [3.8, 4) is 0 Å². The van der Waals surface area contributed by atoms with Crippen LogP contribution in [0.3, 0.4) is 0 Å². The number of nitrogen functional groups attached to an aromatic ring is 1. The van der Waals surface area contributed by atoms with E-state index in [1.807, 2.05) is 6.07 Å². The Hall–Kier alpha value is -1.14. The predicted octanol–water partition coefficient (Wildman–Crippen LogP) is 1.49. The third-order valence-electron chi connectivity index (χ3n) is 3.48. The Morgan fingerprint density at radius 2 is 2.22 bits per heavy atom. The topological polar surface area (TPSA) is 79.5 Å². The van der Waals surface area contributed by atoms with Crippen molar-refractivity contribution < 1.29 is 8.76 Å². The van der Waals surface area contributed by atoms with E-state index >= 15 is 0 Å². The molecule has 1 aromatic heterocycles. The molecular weight excluding hydrogens is 250 g/mol. The van der Waals surface area contributed by atoms with Crippen molar-refractivity contribution in [2.75, 3.05) is 29.5 Å². The molecule has 0 radical (unpaired) electrons. The molecule has 1 aliphatic rings. The first-order chi connectivity index (χ1) is 8.66. The molecule has 2 heterocycles. The van der Waals surface area contributed by atoms with Gasteiger partial charge in [0.25, 0.3) is 0 Å². The van der Waals surface area contributed by atoms with E-state index < -0.39 is 11.1 Å². The summed E-state index contributed by atoms with van der Waals surface area (Å²) in [4.78, 5) is 6.26. The minimum absolute atomic E-state index is 0.391. The maximum Gasteiger partial charge on any atom is 0.152 e. The molecule has 0 saturated carbocycles. The molecule has 1 aromatic rings. The fraction of sp³-hybridized carbons (Fsp3) is 0.583. The van der Waals surface area contributed by atoms with Crippen LogP contribution in [0.25, 0.3) is 0 Å². The largest absolute Gasteiger partial charge is 0.396 e. The number of aromatic nitrogens is 1. The molecule has 0 spiro atoms. The summed E-state index contributed by atoms with van der Waals surface area (Å²) in [6.07, 6.45) is 6.38. The Morgan fingerprint density at radius 1 is 1.50 bits per heavy atom. The lowest BCUT2D eigenvalue weighted by molar-refractivity contribution is 0.394. The molecule has 1 saturated heterocycles. The zero-order chi connectivity index (χ0) is 13.0. The van der Waals surface area contributed by atoms with E-state index in [-0.39, 0.29) is 0 Å². The highest BCUT2D eigenvalue weighted by molar-refractivity contribution is 7.79. The van der Waals surface area contributed by atoms with Gasteiger partial charge in [-0.3, -0.25) is 4.98 Å². The van der Waals surface area contributed by atoms with Crippen molar-refractivity contribution >= 4 is 22.5 Å². The van der Waals surface area contributed by atoms with Crippen molar-refractivity contribution in [1.29, 1.82) is 0 Å². The molecule has 100 valence electrons. The first-order valence-corrected chi connectivity index (χ1v) is 7.46. The number of rotatable bonds is 4. The molecule has 2 rings (SSSR count). The summed E-state index contributed by atoms with van der Waals surface area (Å²) in [5.41, 5.74) is 7.67. The number of nitrogens with zero attached hydrogens (tertiary/aromatic N) is 2. The third kappa shape index (κ3) is 3.43. The number of hydrogen-bond donors (Lipinski definition) is 2. The molecule has 1 aliphatic heterocycles. The van der Waals surface area contributed by atoms with Gasteiger partial charge < -0.3 is 15.2 Å². The van der Waals surface area contributed by atoms with Gasteiger partial charge in [-0.15, -0.1) is 0 Å². The maximum absolute atomic E-state index is 10.6. The highest BCUT2D eigenvalue weighted by Gasteiger charge is 2.20. The van der Waals surface area contributed by atoms with Crippen LogP contribution in [0.1, 0.15) is 19.3 Å². The second kappa shape index (κ2) is 6.15. The molecule has 1 unspecified atom stereocenters. The summed E-state index contributed by atoms with van der Waals surface area (Å²) in [5.74, 6) is 0.947. The van der Waals surface area contributed by atoms with Crippen LogP contribution in [-0.2, 0) is 11.1 Å². The van der Waals surface area contributed by atoms with Crippen molar-refractivity contribution in [1.82, 2.24) is 4.98 Å². The highest BCUT2D eigenvalue weighted by Crippen LogP contribution is 2.28. The summed E-state index contributed by atoms with van der Waals surface area (Å²) in [6.45, 7) is 1.91. The van der Waals surface area contributed by atoms with E-state index in [1.165, 1.54) is 0 Å². The minimum Gasteiger partial charge on any atom is -0.396 e. The molecule has 5 nitrogen and oxygen atoms in total. The zero-order valence-corrected chi connectivity index (χ0v) is 11.1. The second-order valence-electron chi connectivity index (χ2n) is 4.68. The van der Waals surface area contributed by atoms with Gasteiger partial charge in [-0.05, 0) is 31.2 Å². The normalized spacial score (nSPS) is 18.8. The van der Waals surface area contributed by atoms with Crippen LogP contribution < -0.4 is 10.6 Å². The molecule has 1 atom stereocenters. The van der Waals surface area contributed by atoms with E-state index in [0.29, 0.717) is 17.4 Å². The van der Waals surface area contributed by atoms with Gasteiger partial charge in [0.1, 0.15) is 0 Å². The monoisotopic (exact) mass is 269 g/mol. The van der Waals surface area contributed by atoms with Gasteiger partial charge in [0, 0.05) is 25.0 Å². The Kier molecular flexibility index (Phi) is 4.54. The fourth-order valence-corrected chi connectivity index (χ4v) is 2.95. The molecule has 0 bridgehead atoms. The SMILES string of the molecule is Nc1cnccc1N1CCC(CCS(=O)O)CC1. The Labute approximate surface area is 110 Å². The van der Waals surface area contributed by atoms with Gasteiger partial charge in [0.05, 0.1) is 17.6 Å². The van der Waals surface area contributed by atoms with Crippen LogP contribution in [0.2, 0.25) is 0 Å². The molecule has 6 heteroatoms. The molecular formula is C12H19N3O2S. The first-order valence-electron chi connectivity index (χ1n) is 6.18. The minimum atomic E-state index is -1.66. The van der Waals surface area contributed by atoms with E-state index in [0.717, 1.165) is 38.0 Å².